The fourth-order valence-electron chi connectivity index (χ4n) is 1.31. The van der Waals surface area contributed by atoms with Crippen LogP contribution in [0.3, 0.4) is 0 Å². The zero-order valence-electron chi connectivity index (χ0n) is 8.85. The molecular weight excluding hydrogens is 209 g/mol. The molecule has 2 N–H and O–H groups in total. The molecule has 84 valence electrons. The monoisotopic (exact) mass is 221 g/mol. The first-order valence-corrected chi connectivity index (χ1v) is 5.06. The van der Waals surface area contributed by atoms with Crippen molar-refractivity contribution >= 4 is 0 Å². The molecule has 0 aliphatic rings. The highest BCUT2D eigenvalue weighted by Crippen LogP contribution is 2.21. The average molecular weight is 221 g/mol. The van der Waals surface area contributed by atoms with Crippen LogP contribution in [0.5, 0.6) is 0 Å². The van der Waals surface area contributed by atoms with Gasteiger partial charge in [-0.1, -0.05) is 24.2 Å². The van der Waals surface area contributed by atoms with E-state index in [0.717, 1.165) is 0 Å². The first-order chi connectivity index (χ1) is 7.72. The third-order valence-electron chi connectivity index (χ3n) is 2.31. The van der Waals surface area contributed by atoms with E-state index in [0.29, 0.717) is 17.9 Å². The van der Waals surface area contributed by atoms with E-state index < -0.39 is 0 Å². The molecule has 0 saturated heterocycles. The van der Waals surface area contributed by atoms with Crippen LogP contribution >= 0.6 is 0 Å². The van der Waals surface area contributed by atoms with Gasteiger partial charge in [-0.3, -0.25) is 0 Å². The molecule has 4 nitrogen and oxygen atoms in total. The third kappa shape index (κ3) is 1.94. The number of aromatic nitrogens is 2. The van der Waals surface area contributed by atoms with E-state index in [2.05, 4.69) is 10.1 Å². The molecule has 0 saturated carbocycles. The van der Waals surface area contributed by atoms with Gasteiger partial charge in [0.25, 0.3) is 0 Å². The predicted octanol–water partition coefficient (Wildman–Crippen LogP) is 2.29. The molecule has 1 atom stereocenters. The van der Waals surface area contributed by atoms with Crippen molar-refractivity contribution in [3.63, 3.8) is 0 Å². The summed E-state index contributed by atoms with van der Waals surface area (Å²) in [5.74, 6) is 0.192. The van der Waals surface area contributed by atoms with Crippen LogP contribution in [0.2, 0.25) is 0 Å². The van der Waals surface area contributed by atoms with Gasteiger partial charge >= 0.3 is 0 Å². The molecule has 0 fully saturated rings. The van der Waals surface area contributed by atoms with Gasteiger partial charge in [-0.15, -0.1) is 0 Å². The van der Waals surface area contributed by atoms with Crippen molar-refractivity contribution in [1.82, 2.24) is 10.1 Å². The van der Waals surface area contributed by atoms with Crippen molar-refractivity contribution in [2.24, 2.45) is 5.73 Å². The van der Waals surface area contributed by atoms with Crippen molar-refractivity contribution in [2.75, 3.05) is 0 Å². The molecule has 0 spiro atoms. The number of nitrogens with zero attached hydrogens (tertiary/aromatic N) is 2. The Morgan fingerprint density at radius 1 is 1.44 bits per heavy atom. The van der Waals surface area contributed by atoms with Gasteiger partial charge in [0, 0.05) is 0 Å². The van der Waals surface area contributed by atoms with Crippen molar-refractivity contribution in [3.05, 3.63) is 36.0 Å². The van der Waals surface area contributed by atoms with Crippen molar-refractivity contribution < 1.29 is 8.91 Å². The Labute approximate surface area is 92.3 Å². The van der Waals surface area contributed by atoms with E-state index in [1.165, 1.54) is 6.07 Å². The Kier molecular flexibility index (Phi) is 2.96. The van der Waals surface area contributed by atoms with E-state index >= 15 is 0 Å². The van der Waals surface area contributed by atoms with Gasteiger partial charge in [0.15, 0.2) is 0 Å². The molecule has 0 aliphatic heterocycles. The highest BCUT2D eigenvalue weighted by atomic mass is 19.1. The van der Waals surface area contributed by atoms with Gasteiger partial charge in [-0.05, 0) is 18.6 Å². The molecular formula is C11H12FN3O. The normalized spacial score (nSPS) is 12.7. The van der Waals surface area contributed by atoms with E-state index in [1.807, 2.05) is 6.92 Å². The van der Waals surface area contributed by atoms with E-state index in [9.17, 15) is 4.39 Å². The van der Waals surface area contributed by atoms with Crippen LogP contribution in [-0.2, 0) is 0 Å². The Balaban J connectivity index is 2.35. The van der Waals surface area contributed by atoms with Crippen LogP contribution in [0.1, 0.15) is 25.3 Å². The minimum absolute atomic E-state index is 0.233. The summed E-state index contributed by atoms with van der Waals surface area (Å²) in [4.78, 5) is 4.07. The van der Waals surface area contributed by atoms with Crippen LogP contribution in [0, 0.1) is 5.82 Å². The lowest BCUT2D eigenvalue weighted by molar-refractivity contribution is 0.352. The number of rotatable bonds is 3. The van der Waals surface area contributed by atoms with Crippen LogP contribution in [0.25, 0.3) is 11.4 Å². The minimum Gasteiger partial charge on any atom is -0.337 e. The maximum atomic E-state index is 13.4. The molecule has 1 heterocycles. The summed E-state index contributed by atoms with van der Waals surface area (Å²) in [6.45, 7) is 1.91. The fraction of sp³-hybridized carbons (Fsp3) is 0.273. The molecule has 2 rings (SSSR count). The summed E-state index contributed by atoms with van der Waals surface area (Å²) < 4.78 is 18.4. The van der Waals surface area contributed by atoms with Gasteiger partial charge in [-0.25, -0.2) is 4.39 Å². The van der Waals surface area contributed by atoms with E-state index in [4.69, 9.17) is 10.3 Å². The molecule has 0 radical (unpaired) electrons. The average Bonchev–Trinajstić information content (AvgIpc) is 2.78. The zero-order chi connectivity index (χ0) is 11.5. The second-order valence-electron chi connectivity index (χ2n) is 3.45. The number of hydrogen-bond acceptors (Lipinski definition) is 4. The second kappa shape index (κ2) is 4.40. The van der Waals surface area contributed by atoms with E-state index in [1.54, 1.807) is 18.2 Å². The Bertz CT molecular complexity index is 484. The summed E-state index contributed by atoms with van der Waals surface area (Å²) in [7, 11) is 0. The van der Waals surface area contributed by atoms with Gasteiger partial charge in [0.1, 0.15) is 5.82 Å². The second-order valence-corrected chi connectivity index (χ2v) is 3.45. The largest absolute Gasteiger partial charge is 0.337 e. The molecule has 1 unspecified atom stereocenters. The number of benzene rings is 1. The van der Waals surface area contributed by atoms with Gasteiger partial charge < -0.3 is 10.3 Å². The van der Waals surface area contributed by atoms with Crippen molar-refractivity contribution in [1.29, 1.82) is 0 Å². The maximum Gasteiger partial charge on any atom is 0.243 e. The minimum atomic E-state index is -0.375. The molecule has 1 aromatic carbocycles. The number of hydrogen-bond donors (Lipinski definition) is 1. The topological polar surface area (TPSA) is 64.9 Å². The summed E-state index contributed by atoms with van der Waals surface area (Å²) in [6, 6.07) is 5.98. The highest BCUT2D eigenvalue weighted by Gasteiger charge is 2.15. The Morgan fingerprint density at radius 2 is 2.19 bits per heavy atom. The number of nitrogens with two attached hydrogens (primary N) is 1. The quantitative estimate of drug-likeness (QED) is 0.863. The lowest BCUT2D eigenvalue weighted by Crippen LogP contribution is -2.08. The van der Waals surface area contributed by atoms with Crippen LogP contribution in [-0.4, -0.2) is 10.1 Å². The number of halogens is 1. The lowest BCUT2D eigenvalue weighted by atomic mass is 10.2. The summed E-state index contributed by atoms with van der Waals surface area (Å²) in [5, 5.41) is 3.71. The Hall–Kier alpha value is -1.75. The molecule has 0 aliphatic carbocycles. The SMILES string of the molecule is CCC(N)c1nc(-c2ccccc2F)no1. The highest BCUT2D eigenvalue weighted by molar-refractivity contribution is 5.54. The lowest BCUT2D eigenvalue weighted by Gasteiger charge is -1.99. The van der Waals surface area contributed by atoms with Crippen molar-refractivity contribution in [2.45, 2.75) is 19.4 Å². The fourth-order valence-corrected chi connectivity index (χ4v) is 1.31. The van der Waals surface area contributed by atoms with Crippen molar-refractivity contribution in [3.8, 4) is 11.4 Å². The smallest absolute Gasteiger partial charge is 0.243 e. The predicted molar refractivity (Wildman–Crippen MR) is 56.9 cm³/mol. The van der Waals surface area contributed by atoms with Crippen LogP contribution in [0.15, 0.2) is 28.8 Å². The maximum absolute atomic E-state index is 13.4. The third-order valence-corrected chi connectivity index (χ3v) is 2.31. The molecule has 5 heteroatoms. The van der Waals surface area contributed by atoms with Gasteiger partial charge in [-0.2, -0.15) is 4.98 Å². The summed E-state index contributed by atoms with van der Waals surface area (Å²) in [5.41, 5.74) is 6.05. The molecule has 2 aromatic rings. The first-order valence-electron chi connectivity index (χ1n) is 5.06. The molecule has 0 bridgehead atoms. The Morgan fingerprint density at radius 3 is 2.88 bits per heavy atom. The van der Waals surface area contributed by atoms with Gasteiger partial charge in [0.2, 0.25) is 11.7 Å². The van der Waals surface area contributed by atoms with Gasteiger partial charge in [0.05, 0.1) is 11.6 Å². The summed E-state index contributed by atoms with van der Waals surface area (Å²) >= 11 is 0. The van der Waals surface area contributed by atoms with Crippen LogP contribution in [0.4, 0.5) is 4.39 Å². The first kappa shape index (κ1) is 10.8. The molecule has 1 aromatic heterocycles. The van der Waals surface area contributed by atoms with E-state index in [-0.39, 0.29) is 17.7 Å². The zero-order valence-corrected chi connectivity index (χ0v) is 8.85. The van der Waals surface area contributed by atoms with Crippen LogP contribution < -0.4 is 5.73 Å². The summed E-state index contributed by atoms with van der Waals surface area (Å²) in [6.07, 6.45) is 0.693. The molecule has 0 amide bonds. The molecule has 16 heavy (non-hydrogen) atoms. The standard InChI is InChI=1S/C11H12FN3O/c1-2-9(13)11-14-10(15-16-11)7-5-3-4-6-8(7)12/h3-6,9H,2,13H2,1H3.